The topological polar surface area (TPSA) is 26.2 Å². The first-order valence-corrected chi connectivity index (χ1v) is 5.22. The smallest absolute Gasteiger partial charge is 0.0483 e. The van der Waals surface area contributed by atoms with Crippen molar-refractivity contribution in [2.45, 2.75) is 27.2 Å². The van der Waals surface area contributed by atoms with Gasteiger partial charge in [-0.25, -0.2) is 0 Å². The maximum atomic E-state index is 5.26. The predicted octanol–water partition coefficient (Wildman–Crippen LogP) is 2.08. The standard InChI is InChI=1S/C11H20N2O/c1-4-14-9-5-8-12-13-10(2)6-7-11(13)3/h6-7,12H,4-5,8-9H2,1-3H3. The maximum absolute atomic E-state index is 5.26. The van der Waals surface area contributed by atoms with Gasteiger partial charge in [-0.1, -0.05) is 0 Å². The average molecular weight is 196 g/mol. The SMILES string of the molecule is CCOCCCNn1c(C)ccc1C. The van der Waals surface area contributed by atoms with E-state index in [-0.39, 0.29) is 0 Å². The fraction of sp³-hybridized carbons (Fsp3) is 0.636. The lowest BCUT2D eigenvalue weighted by atomic mass is 10.4. The monoisotopic (exact) mass is 196 g/mol. The molecule has 80 valence electrons. The zero-order valence-electron chi connectivity index (χ0n) is 9.34. The molecule has 0 saturated heterocycles. The van der Waals surface area contributed by atoms with Crippen molar-refractivity contribution in [3.05, 3.63) is 23.5 Å². The Labute approximate surface area is 86.0 Å². The lowest BCUT2D eigenvalue weighted by Gasteiger charge is -2.12. The molecule has 0 unspecified atom stereocenters. The molecule has 14 heavy (non-hydrogen) atoms. The largest absolute Gasteiger partial charge is 0.382 e. The molecule has 1 aromatic heterocycles. The highest BCUT2D eigenvalue weighted by atomic mass is 16.5. The van der Waals surface area contributed by atoms with Gasteiger partial charge in [-0.2, -0.15) is 0 Å². The minimum Gasteiger partial charge on any atom is -0.382 e. The molecule has 1 rings (SSSR count). The number of ether oxygens (including phenoxy) is 1. The molecular weight excluding hydrogens is 176 g/mol. The van der Waals surface area contributed by atoms with Gasteiger partial charge in [0.05, 0.1) is 0 Å². The molecule has 1 heterocycles. The summed E-state index contributed by atoms with van der Waals surface area (Å²) in [7, 11) is 0. The minimum atomic E-state index is 0.807. The maximum Gasteiger partial charge on any atom is 0.0483 e. The first-order valence-electron chi connectivity index (χ1n) is 5.22. The van der Waals surface area contributed by atoms with Crippen LogP contribution in [0.25, 0.3) is 0 Å². The van der Waals surface area contributed by atoms with Crippen molar-refractivity contribution >= 4 is 0 Å². The zero-order valence-corrected chi connectivity index (χ0v) is 9.34. The number of hydrogen-bond acceptors (Lipinski definition) is 2. The highest BCUT2D eigenvalue weighted by Crippen LogP contribution is 2.03. The average Bonchev–Trinajstić information content (AvgIpc) is 2.48. The van der Waals surface area contributed by atoms with Crippen LogP contribution in [0.3, 0.4) is 0 Å². The molecule has 1 N–H and O–H groups in total. The van der Waals surface area contributed by atoms with Crippen LogP contribution in [-0.2, 0) is 4.74 Å². The van der Waals surface area contributed by atoms with Crippen LogP contribution < -0.4 is 5.43 Å². The Bertz CT molecular complexity index is 249. The number of aromatic nitrogens is 1. The van der Waals surface area contributed by atoms with Gasteiger partial charge in [-0.15, -0.1) is 0 Å². The molecule has 0 bridgehead atoms. The summed E-state index contributed by atoms with van der Waals surface area (Å²) in [6.07, 6.45) is 1.05. The van der Waals surface area contributed by atoms with E-state index in [4.69, 9.17) is 4.74 Å². The molecule has 0 amide bonds. The summed E-state index contributed by atoms with van der Waals surface area (Å²) in [4.78, 5) is 0. The molecule has 0 atom stereocenters. The Balaban J connectivity index is 2.24. The molecule has 0 aliphatic heterocycles. The Hall–Kier alpha value is -0.960. The quantitative estimate of drug-likeness (QED) is 0.705. The van der Waals surface area contributed by atoms with Gasteiger partial charge in [0.25, 0.3) is 0 Å². The number of hydrogen-bond donors (Lipinski definition) is 1. The van der Waals surface area contributed by atoms with Crippen molar-refractivity contribution in [1.29, 1.82) is 0 Å². The van der Waals surface area contributed by atoms with Gasteiger partial charge >= 0.3 is 0 Å². The van der Waals surface area contributed by atoms with Crippen molar-refractivity contribution in [3.63, 3.8) is 0 Å². The van der Waals surface area contributed by atoms with E-state index >= 15 is 0 Å². The van der Waals surface area contributed by atoms with Crippen molar-refractivity contribution in [2.75, 3.05) is 25.2 Å². The van der Waals surface area contributed by atoms with Gasteiger partial charge in [-0.3, -0.25) is 4.68 Å². The Kier molecular flexibility index (Phi) is 4.53. The minimum absolute atomic E-state index is 0.807. The number of nitrogens with zero attached hydrogens (tertiary/aromatic N) is 1. The zero-order chi connectivity index (χ0) is 10.4. The molecule has 0 fully saturated rings. The highest BCUT2D eigenvalue weighted by Gasteiger charge is 1.98. The van der Waals surface area contributed by atoms with Crippen LogP contribution in [0, 0.1) is 13.8 Å². The molecule has 0 spiro atoms. The normalized spacial score (nSPS) is 10.5. The van der Waals surface area contributed by atoms with Crippen LogP contribution in [-0.4, -0.2) is 24.4 Å². The summed E-state index contributed by atoms with van der Waals surface area (Å²) >= 11 is 0. The van der Waals surface area contributed by atoms with Gasteiger partial charge in [0.1, 0.15) is 0 Å². The van der Waals surface area contributed by atoms with Gasteiger partial charge < -0.3 is 10.2 Å². The molecule has 0 saturated carbocycles. The molecule has 0 radical (unpaired) electrons. The lowest BCUT2D eigenvalue weighted by Crippen LogP contribution is -2.19. The van der Waals surface area contributed by atoms with Crippen molar-refractivity contribution in [2.24, 2.45) is 0 Å². The fourth-order valence-corrected chi connectivity index (χ4v) is 1.43. The molecule has 0 aromatic carbocycles. The van der Waals surface area contributed by atoms with Crippen LogP contribution in [0.1, 0.15) is 24.7 Å². The molecule has 0 aliphatic rings. The van der Waals surface area contributed by atoms with E-state index in [9.17, 15) is 0 Å². The van der Waals surface area contributed by atoms with Gasteiger partial charge in [0.2, 0.25) is 0 Å². The third kappa shape index (κ3) is 3.07. The summed E-state index contributed by atoms with van der Waals surface area (Å²) < 4.78 is 7.38. The molecule has 0 aliphatic carbocycles. The third-order valence-electron chi connectivity index (χ3n) is 2.21. The van der Waals surface area contributed by atoms with Crippen LogP contribution in [0.5, 0.6) is 0 Å². The van der Waals surface area contributed by atoms with E-state index in [0.29, 0.717) is 0 Å². The van der Waals surface area contributed by atoms with Gasteiger partial charge in [-0.05, 0) is 39.3 Å². The predicted molar refractivity (Wildman–Crippen MR) is 59.2 cm³/mol. The van der Waals surface area contributed by atoms with Crippen LogP contribution in [0.2, 0.25) is 0 Å². The van der Waals surface area contributed by atoms with Crippen molar-refractivity contribution in [3.8, 4) is 0 Å². The second kappa shape index (κ2) is 5.70. The summed E-state index contributed by atoms with van der Waals surface area (Å²) in [5.41, 5.74) is 5.85. The first-order chi connectivity index (χ1) is 6.75. The van der Waals surface area contributed by atoms with E-state index in [1.807, 2.05) is 6.92 Å². The van der Waals surface area contributed by atoms with Crippen molar-refractivity contribution in [1.82, 2.24) is 4.68 Å². The Morgan fingerprint density at radius 2 is 1.93 bits per heavy atom. The summed E-state index contributed by atoms with van der Waals surface area (Å²) in [6, 6.07) is 4.23. The number of nitrogens with one attached hydrogen (secondary N) is 1. The van der Waals surface area contributed by atoms with E-state index in [0.717, 1.165) is 26.2 Å². The van der Waals surface area contributed by atoms with Crippen molar-refractivity contribution < 1.29 is 4.74 Å². The van der Waals surface area contributed by atoms with Gasteiger partial charge in [0.15, 0.2) is 0 Å². The Morgan fingerprint density at radius 1 is 1.29 bits per heavy atom. The van der Waals surface area contributed by atoms with Gasteiger partial charge in [0, 0.05) is 31.1 Å². The summed E-state index contributed by atoms with van der Waals surface area (Å²) in [6.45, 7) is 8.82. The molecular formula is C11H20N2O. The lowest BCUT2D eigenvalue weighted by molar-refractivity contribution is 0.147. The van der Waals surface area contributed by atoms with E-state index in [2.05, 4.69) is 36.1 Å². The molecule has 1 aromatic rings. The second-order valence-electron chi connectivity index (χ2n) is 3.41. The molecule has 3 nitrogen and oxygen atoms in total. The van der Waals surface area contributed by atoms with Crippen LogP contribution in [0.15, 0.2) is 12.1 Å². The third-order valence-corrected chi connectivity index (χ3v) is 2.21. The number of aryl methyl sites for hydroxylation is 2. The first kappa shape index (κ1) is 11.1. The van der Waals surface area contributed by atoms with E-state index in [1.165, 1.54) is 11.4 Å². The highest BCUT2D eigenvalue weighted by molar-refractivity contribution is 5.15. The van der Waals surface area contributed by atoms with Crippen LogP contribution >= 0.6 is 0 Å². The number of rotatable bonds is 6. The summed E-state index contributed by atoms with van der Waals surface area (Å²) in [5.74, 6) is 0. The molecule has 3 heteroatoms. The fourth-order valence-electron chi connectivity index (χ4n) is 1.43. The van der Waals surface area contributed by atoms with E-state index in [1.54, 1.807) is 0 Å². The Morgan fingerprint density at radius 3 is 2.50 bits per heavy atom. The van der Waals surface area contributed by atoms with E-state index < -0.39 is 0 Å². The second-order valence-corrected chi connectivity index (χ2v) is 3.41. The van der Waals surface area contributed by atoms with Crippen LogP contribution in [0.4, 0.5) is 0 Å². The summed E-state index contributed by atoms with van der Waals surface area (Å²) in [5, 5.41) is 0.